The number of carbonyl (C=O) groups is 2. The number of methoxy groups -OCH3 is 1. The predicted molar refractivity (Wildman–Crippen MR) is 112 cm³/mol. The van der Waals surface area contributed by atoms with Crippen LogP contribution in [-0.2, 0) is 4.74 Å². The van der Waals surface area contributed by atoms with Gasteiger partial charge in [-0.2, -0.15) is 0 Å². The van der Waals surface area contributed by atoms with Crippen LogP contribution in [0.4, 0.5) is 17.2 Å². The van der Waals surface area contributed by atoms with Crippen LogP contribution in [0.25, 0.3) is 0 Å². The summed E-state index contributed by atoms with van der Waals surface area (Å²) in [7, 11) is 1.34. The molecule has 0 bridgehead atoms. The maximum absolute atomic E-state index is 12.4. The molecule has 0 fully saturated rings. The molecule has 1 heterocycles. The van der Waals surface area contributed by atoms with E-state index in [0.29, 0.717) is 23.0 Å². The number of aromatic nitrogens is 2. The summed E-state index contributed by atoms with van der Waals surface area (Å²) < 4.78 is 4.67. The highest BCUT2D eigenvalue weighted by Gasteiger charge is 2.10. The van der Waals surface area contributed by atoms with Gasteiger partial charge >= 0.3 is 5.97 Å². The van der Waals surface area contributed by atoms with Crippen LogP contribution in [0.1, 0.15) is 46.2 Å². The van der Waals surface area contributed by atoms with E-state index in [0.717, 1.165) is 5.69 Å². The van der Waals surface area contributed by atoms with E-state index in [1.165, 1.54) is 25.1 Å². The Morgan fingerprint density at radius 3 is 2.10 bits per heavy atom. The summed E-state index contributed by atoms with van der Waals surface area (Å²) in [4.78, 5) is 32.2. The van der Waals surface area contributed by atoms with Crippen LogP contribution < -0.4 is 10.6 Å². The smallest absolute Gasteiger partial charge is 0.337 e. The number of anilines is 3. The third-order valence-corrected chi connectivity index (χ3v) is 4.30. The second-order valence-corrected chi connectivity index (χ2v) is 6.71. The molecule has 3 rings (SSSR count). The lowest BCUT2D eigenvalue weighted by atomic mass is 10.0. The molecular formula is C22H22N4O3. The van der Waals surface area contributed by atoms with Crippen LogP contribution in [0.15, 0.2) is 60.9 Å². The van der Waals surface area contributed by atoms with E-state index in [1.807, 2.05) is 24.3 Å². The molecule has 0 aliphatic carbocycles. The summed E-state index contributed by atoms with van der Waals surface area (Å²) in [6, 6.07) is 14.5. The van der Waals surface area contributed by atoms with Gasteiger partial charge in [-0.1, -0.05) is 26.0 Å². The molecule has 7 heteroatoms. The number of ether oxygens (including phenoxy) is 1. The lowest BCUT2D eigenvalue weighted by Crippen LogP contribution is -2.14. The standard InChI is InChI=1S/C22H22N4O3/c1-14(2)15-4-8-18(9-5-15)26-21(27)19-12-24-20(13-23-19)25-17-10-6-16(7-11-17)22(28)29-3/h4-14H,1-3H3,(H,24,25)(H,26,27). The van der Waals surface area contributed by atoms with Crippen LogP contribution in [0.2, 0.25) is 0 Å². The maximum atomic E-state index is 12.4. The first kappa shape index (κ1) is 20.0. The Labute approximate surface area is 169 Å². The van der Waals surface area contributed by atoms with Gasteiger partial charge in [-0.25, -0.2) is 14.8 Å². The predicted octanol–water partition coefficient (Wildman–Crippen LogP) is 4.38. The number of esters is 1. The number of nitrogens with zero attached hydrogens (tertiary/aromatic N) is 2. The zero-order valence-corrected chi connectivity index (χ0v) is 16.5. The van der Waals surface area contributed by atoms with Crippen LogP contribution in [0, 0.1) is 0 Å². The average molecular weight is 390 g/mol. The van der Waals surface area contributed by atoms with Crippen LogP contribution in [0.3, 0.4) is 0 Å². The zero-order valence-electron chi connectivity index (χ0n) is 16.5. The average Bonchev–Trinajstić information content (AvgIpc) is 2.74. The zero-order chi connectivity index (χ0) is 20.8. The highest BCUT2D eigenvalue weighted by Crippen LogP contribution is 2.18. The molecule has 1 amide bonds. The quantitative estimate of drug-likeness (QED) is 0.607. The highest BCUT2D eigenvalue weighted by atomic mass is 16.5. The van der Waals surface area contributed by atoms with Crippen molar-refractivity contribution in [1.29, 1.82) is 0 Å². The van der Waals surface area contributed by atoms with Gasteiger partial charge in [0.2, 0.25) is 0 Å². The fourth-order valence-electron chi connectivity index (χ4n) is 2.61. The molecule has 2 aromatic carbocycles. The van der Waals surface area contributed by atoms with E-state index in [1.54, 1.807) is 24.3 Å². The molecule has 7 nitrogen and oxygen atoms in total. The van der Waals surface area contributed by atoms with Crippen molar-refractivity contribution in [3.05, 3.63) is 77.7 Å². The summed E-state index contributed by atoms with van der Waals surface area (Å²) in [6.07, 6.45) is 2.88. The van der Waals surface area contributed by atoms with Gasteiger partial charge in [0, 0.05) is 11.4 Å². The molecule has 0 unspecified atom stereocenters. The molecule has 2 N–H and O–H groups in total. The topological polar surface area (TPSA) is 93.2 Å². The molecule has 0 atom stereocenters. The third kappa shape index (κ3) is 5.16. The molecular weight excluding hydrogens is 368 g/mol. The Kier molecular flexibility index (Phi) is 6.19. The van der Waals surface area contributed by atoms with Crippen molar-refractivity contribution in [1.82, 2.24) is 9.97 Å². The second kappa shape index (κ2) is 8.97. The van der Waals surface area contributed by atoms with Gasteiger partial charge < -0.3 is 15.4 Å². The SMILES string of the molecule is COC(=O)c1ccc(Nc2cnc(C(=O)Nc3ccc(C(C)C)cc3)cn2)cc1. The van der Waals surface area contributed by atoms with E-state index in [4.69, 9.17) is 0 Å². The van der Waals surface area contributed by atoms with Crippen LogP contribution in [0.5, 0.6) is 0 Å². The fourth-order valence-corrected chi connectivity index (χ4v) is 2.61. The fraction of sp³-hybridized carbons (Fsp3) is 0.182. The first-order valence-corrected chi connectivity index (χ1v) is 9.15. The van der Waals surface area contributed by atoms with Crippen molar-refractivity contribution >= 4 is 29.1 Å². The number of nitrogens with one attached hydrogen (secondary N) is 2. The first-order valence-electron chi connectivity index (χ1n) is 9.15. The summed E-state index contributed by atoms with van der Waals surface area (Å²) in [5, 5.41) is 5.87. The summed E-state index contributed by atoms with van der Waals surface area (Å²) in [6.45, 7) is 4.23. The van der Waals surface area contributed by atoms with Crippen LogP contribution in [-0.4, -0.2) is 29.0 Å². The van der Waals surface area contributed by atoms with Gasteiger partial charge in [-0.15, -0.1) is 0 Å². The van der Waals surface area contributed by atoms with Crippen molar-refractivity contribution in [3.8, 4) is 0 Å². The van der Waals surface area contributed by atoms with E-state index >= 15 is 0 Å². The monoisotopic (exact) mass is 390 g/mol. The Morgan fingerprint density at radius 2 is 1.55 bits per heavy atom. The maximum Gasteiger partial charge on any atom is 0.337 e. The normalized spacial score (nSPS) is 10.5. The number of rotatable bonds is 6. The number of amides is 1. The first-order chi connectivity index (χ1) is 14.0. The molecule has 0 radical (unpaired) electrons. The van der Waals surface area contributed by atoms with E-state index in [-0.39, 0.29) is 11.6 Å². The molecule has 0 saturated carbocycles. The summed E-state index contributed by atoms with van der Waals surface area (Å²) in [5.74, 6) is 0.185. The molecule has 0 aliphatic heterocycles. The van der Waals surface area contributed by atoms with E-state index < -0.39 is 5.97 Å². The number of benzene rings is 2. The largest absolute Gasteiger partial charge is 0.465 e. The minimum Gasteiger partial charge on any atom is -0.465 e. The summed E-state index contributed by atoms with van der Waals surface area (Å²) >= 11 is 0. The third-order valence-electron chi connectivity index (χ3n) is 4.30. The number of hydrogen-bond acceptors (Lipinski definition) is 6. The lowest BCUT2D eigenvalue weighted by Gasteiger charge is -2.09. The Balaban J connectivity index is 1.61. The Bertz CT molecular complexity index is 982. The minimum atomic E-state index is -0.398. The molecule has 148 valence electrons. The molecule has 0 aliphatic rings. The molecule has 3 aromatic rings. The molecule has 29 heavy (non-hydrogen) atoms. The lowest BCUT2D eigenvalue weighted by molar-refractivity contribution is 0.0600. The van der Waals surface area contributed by atoms with Crippen LogP contribution >= 0.6 is 0 Å². The van der Waals surface area contributed by atoms with E-state index in [9.17, 15) is 9.59 Å². The highest BCUT2D eigenvalue weighted by molar-refractivity contribution is 6.02. The minimum absolute atomic E-state index is 0.213. The molecule has 0 saturated heterocycles. The summed E-state index contributed by atoms with van der Waals surface area (Å²) in [5.41, 5.74) is 3.31. The second-order valence-electron chi connectivity index (χ2n) is 6.71. The molecule has 0 spiro atoms. The van der Waals surface area contributed by atoms with Gasteiger partial charge in [-0.3, -0.25) is 4.79 Å². The van der Waals surface area contributed by atoms with Crippen molar-refractivity contribution in [3.63, 3.8) is 0 Å². The molecule has 1 aromatic heterocycles. The van der Waals surface area contributed by atoms with Crippen molar-refractivity contribution in [2.24, 2.45) is 0 Å². The van der Waals surface area contributed by atoms with Gasteiger partial charge in [0.25, 0.3) is 5.91 Å². The Morgan fingerprint density at radius 1 is 0.897 bits per heavy atom. The van der Waals surface area contributed by atoms with Crippen molar-refractivity contribution in [2.45, 2.75) is 19.8 Å². The van der Waals surface area contributed by atoms with Gasteiger partial charge in [-0.05, 0) is 47.9 Å². The van der Waals surface area contributed by atoms with Gasteiger partial charge in [0.05, 0.1) is 25.1 Å². The van der Waals surface area contributed by atoms with Crippen molar-refractivity contribution < 1.29 is 14.3 Å². The van der Waals surface area contributed by atoms with E-state index in [2.05, 4.69) is 39.2 Å². The van der Waals surface area contributed by atoms with Gasteiger partial charge in [0.15, 0.2) is 0 Å². The number of carbonyl (C=O) groups excluding carboxylic acids is 2. The van der Waals surface area contributed by atoms with Crippen molar-refractivity contribution in [2.75, 3.05) is 17.7 Å². The Hall–Kier alpha value is -3.74. The number of hydrogen-bond donors (Lipinski definition) is 2. The van der Waals surface area contributed by atoms with Gasteiger partial charge in [0.1, 0.15) is 11.5 Å².